The van der Waals surface area contributed by atoms with Crippen LogP contribution in [0.15, 0.2) is 18.2 Å². The molecule has 1 unspecified atom stereocenters. The van der Waals surface area contributed by atoms with Gasteiger partial charge in [-0.2, -0.15) is 0 Å². The first-order valence-corrected chi connectivity index (χ1v) is 13.5. The zero-order valence-electron chi connectivity index (χ0n) is 23.7. The number of carboxylic acids is 1. The summed E-state index contributed by atoms with van der Waals surface area (Å²) in [5.74, 6) is -1.86. The van der Waals surface area contributed by atoms with Gasteiger partial charge in [0.05, 0.1) is 13.2 Å². The molecule has 0 aliphatic heterocycles. The van der Waals surface area contributed by atoms with Crippen LogP contribution in [0, 0.1) is 5.92 Å². The summed E-state index contributed by atoms with van der Waals surface area (Å²) in [6, 6.07) is 4.19. The van der Waals surface area contributed by atoms with Gasteiger partial charge < -0.3 is 34.5 Å². The normalized spacial score (nSPS) is 13.9. The molecule has 0 aromatic heterocycles. The lowest BCUT2D eigenvalue weighted by Gasteiger charge is -2.28. The fourth-order valence-corrected chi connectivity index (χ4v) is 3.52. The summed E-state index contributed by atoms with van der Waals surface area (Å²) < 4.78 is 25.9. The molecule has 0 radical (unpaired) electrons. The van der Waals surface area contributed by atoms with Crippen molar-refractivity contribution in [2.24, 2.45) is 11.7 Å². The van der Waals surface area contributed by atoms with Crippen LogP contribution in [0.3, 0.4) is 0 Å². The molecule has 0 amide bonds. The topological polar surface area (TPSA) is 161 Å². The highest BCUT2D eigenvalue weighted by Crippen LogP contribution is 2.31. The second-order valence-electron chi connectivity index (χ2n) is 9.75. The van der Waals surface area contributed by atoms with E-state index in [-0.39, 0.29) is 49.9 Å². The van der Waals surface area contributed by atoms with E-state index in [1.807, 2.05) is 27.7 Å². The average Bonchev–Trinajstić information content (AvgIpc) is 2.85. The summed E-state index contributed by atoms with van der Waals surface area (Å²) >= 11 is 0. The number of esters is 1. The molecule has 220 valence electrons. The van der Waals surface area contributed by atoms with Crippen LogP contribution < -0.4 is 15.2 Å². The van der Waals surface area contributed by atoms with E-state index in [2.05, 4.69) is 0 Å². The minimum absolute atomic E-state index is 0.113. The molecule has 3 atom stereocenters. The molecular weight excluding hydrogens is 510 g/mol. The molecule has 11 nitrogen and oxygen atoms in total. The Morgan fingerprint density at radius 3 is 2.00 bits per heavy atom. The van der Waals surface area contributed by atoms with E-state index in [0.29, 0.717) is 18.4 Å². The van der Waals surface area contributed by atoms with Gasteiger partial charge in [-0.3, -0.25) is 9.59 Å². The molecule has 0 saturated heterocycles. The first kappa shape index (κ1) is 33.7. The van der Waals surface area contributed by atoms with Gasteiger partial charge in [0.1, 0.15) is 11.6 Å². The van der Waals surface area contributed by atoms with Gasteiger partial charge in [0, 0.05) is 19.3 Å². The number of benzene rings is 1. The second kappa shape index (κ2) is 17.3. The maximum absolute atomic E-state index is 12.2. The molecule has 0 aliphatic rings. The van der Waals surface area contributed by atoms with E-state index in [1.165, 1.54) is 18.2 Å². The van der Waals surface area contributed by atoms with Crippen molar-refractivity contribution in [1.82, 2.24) is 0 Å². The molecule has 0 spiro atoms. The van der Waals surface area contributed by atoms with Gasteiger partial charge in [-0.05, 0) is 43.4 Å². The Labute approximate surface area is 230 Å². The van der Waals surface area contributed by atoms with Crippen LogP contribution in [0.25, 0.3) is 0 Å². The van der Waals surface area contributed by atoms with E-state index < -0.39 is 35.9 Å². The van der Waals surface area contributed by atoms with E-state index in [4.69, 9.17) is 29.4 Å². The van der Waals surface area contributed by atoms with Gasteiger partial charge in [0.2, 0.25) is 0 Å². The summed E-state index contributed by atoms with van der Waals surface area (Å²) in [4.78, 5) is 48.6. The fraction of sp³-hybridized carbons (Fsp3) is 0.643. The van der Waals surface area contributed by atoms with Crippen molar-refractivity contribution in [2.75, 3.05) is 13.2 Å². The third-order valence-electron chi connectivity index (χ3n) is 5.97. The van der Waals surface area contributed by atoms with Gasteiger partial charge >= 0.3 is 24.2 Å². The zero-order chi connectivity index (χ0) is 29.4. The Morgan fingerprint density at radius 1 is 0.923 bits per heavy atom. The van der Waals surface area contributed by atoms with Crippen molar-refractivity contribution in [3.8, 4) is 11.5 Å². The lowest BCUT2D eigenvalue weighted by atomic mass is 9.86. The van der Waals surface area contributed by atoms with Gasteiger partial charge in [0.15, 0.2) is 11.5 Å². The molecule has 0 saturated carbocycles. The Morgan fingerprint density at radius 2 is 1.49 bits per heavy atom. The van der Waals surface area contributed by atoms with Crippen molar-refractivity contribution in [1.29, 1.82) is 0 Å². The fourth-order valence-electron chi connectivity index (χ4n) is 3.52. The second-order valence-corrected chi connectivity index (χ2v) is 9.75. The van der Waals surface area contributed by atoms with Crippen LogP contribution in [0.4, 0.5) is 9.59 Å². The molecule has 0 heterocycles. The minimum Gasteiger partial charge on any atom is -0.480 e. The maximum Gasteiger partial charge on any atom is 0.513 e. The van der Waals surface area contributed by atoms with Crippen molar-refractivity contribution < 1.29 is 48.0 Å². The molecule has 0 fully saturated rings. The largest absolute Gasteiger partial charge is 0.513 e. The highest BCUT2D eigenvalue weighted by molar-refractivity contribution is 5.79. The number of hydrogen-bond donors (Lipinski definition) is 2. The van der Waals surface area contributed by atoms with Crippen LogP contribution >= 0.6 is 0 Å². The summed E-state index contributed by atoms with van der Waals surface area (Å²) in [6.07, 6.45) is 0.846. The highest BCUT2D eigenvalue weighted by Gasteiger charge is 2.37. The Balaban J connectivity index is 3.10. The number of unbranched alkanes of at least 4 members (excludes halogenated alkanes) is 2. The number of hydrogen-bond acceptors (Lipinski definition) is 10. The monoisotopic (exact) mass is 553 g/mol. The van der Waals surface area contributed by atoms with Crippen LogP contribution in [0.5, 0.6) is 11.5 Å². The predicted molar refractivity (Wildman–Crippen MR) is 143 cm³/mol. The Bertz CT molecular complexity index is 950. The molecular formula is C28H43NO10. The predicted octanol–water partition coefficient (Wildman–Crippen LogP) is 5.40. The first-order valence-electron chi connectivity index (χ1n) is 13.5. The molecule has 1 aromatic rings. The van der Waals surface area contributed by atoms with Gasteiger partial charge in [0.25, 0.3) is 0 Å². The van der Waals surface area contributed by atoms with Gasteiger partial charge in [-0.1, -0.05) is 53.0 Å². The van der Waals surface area contributed by atoms with Gasteiger partial charge in [-0.15, -0.1) is 0 Å². The number of carbonyl (C=O) groups is 4. The zero-order valence-corrected chi connectivity index (χ0v) is 23.7. The summed E-state index contributed by atoms with van der Waals surface area (Å²) in [5, 5.41) is 9.92. The maximum atomic E-state index is 12.2. The summed E-state index contributed by atoms with van der Waals surface area (Å²) in [6.45, 7) is 9.65. The van der Waals surface area contributed by atoms with Crippen LogP contribution in [-0.2, 0) is 30.2 Å². The molecule has 1 aromatic carbocycles. The number of rotatable bonds is 17. The number of carbonyl (C=O) groups excluding carboxylic acids is 3. The van der Waals surface area contributed by atoms with Crippen molar-refractivity contribution in [2.45, 2.75) is 97.6 Å². The molecule has 39 heavy (non-hydrogen) atoms. The van der Waals surface area contributed by atoms with E-state index in [0.717, 1.165) is 19.3 Å². The molecule has 0 aliphatic carbocycles. The molecule has 11 heteroatoms. The minimum atomic E-state index is -1.81. The van der Waals surface area contributed by atoms with Crippen LogP contribution in [0.1, 0.15) is 85.1 Å². The Kier molecular flexibility index (Phi) is 14.9. The van der Waals surface area contributed by atoms with Crippen LogP contribution in [0.2, 0.25) is 0 Å². The quantitative estimate of drug-likeness (QED) is 0.110. The van der Waals surface area contributed by atoms with E-state index in [1.54, 1.807) is 6.92 Å². The number of ether oxygens (including phenoxy) is 5. The standard InChI is InChI=1S/C28H43NO10/c1-6-9-13-35-26(33)38-22-12-11-21(16-23(22)39-27(34)36-14-10-7-2)18-28(29,25(31)32)17-20(5)37-24(30)15-19(4)8-3/h11-12,16,19-20H,6-10,13-15,17-18,29H2,1-5H3,(H,31,32)/t19?,20-,28+/m0/s1. The molecule has 0 bridgehead atoms. The van der Waals surface area contributed by atoms with Crippen molar-refractivity contribution in [3.05, 3.63) is 23.8 Å². The first-order chi connectivity index (χ1) is 18.4. The third kappa shape index (κ3) is 12.8. The van der Waals surface area contributed by atoms with Gasteiger partial charge in [-0.25, -0.2) is 9.59 Å². The number of aliphatic carboxylic acids is 1. The SMILES string of the molecule is CCCCOC(=O)Oc1ccc(C[C@](N)(C[C@H](C)OC(=O)CC(C)CC)C(=O)O)cc1OC(=O)OCCCC. The van der Waals surface area contributed by atoms with Crippen molar-refractivity contribution in [3.63, 3.8) is 0 Å². The van der Waals surface area contributed by atoms with Crippen molar-refractivity contribution >= 4 is 24.2 Å². The van der Waals surface area contributed by atoms with E-state index >= 15 is 0 Å². The third-order valence-corrected chi connectivity index (χ3v) is 5.97. The summed E-state index contributed by atoms with van der Waals surface area (Å²) in [7, 11) is 0. The highest BCUT2D eigenvalue weighted by atomic mass is 16.7. The van der Waals surface area contributed by atoms with E-state index in [9.17, 15) is 24.3 Å². The molecule has 3 N–H and O–H groups in total. The number of carboxylic acid groups (broad SMARTS) is 1. The average molecular weight is 554 g/mol. The smallest absolute Gasteiger partial charge is 0.480 e. The van der Waals surface area contributed by atoms with Crippen LogP contribution in [-0.4, -0.2) is 54.2 Å². The lowest BCUT2D eigenvalue weighted by molar-refractivity contribution is -0.154. The lowest BCUT2D eigenvalue weighted by Crippen LogP contribution is -2.52. The number of nitrogens with two attached hydrogens (primary N) is 1. The Hall–Kier alpha value is -3.34. The molecule has 1 rings (SSSR count). The summed E-state index contributed by atoms with van der Waals surface area (Å²) in [5.41, 5.74) is 4.83.